The summed E-state index contributed by atoms with van der Waals surface area (Å²) in [7, 11) is 0. The lowest BCUT2D eigenvalue weighted by atomic mass is 9.40. The molecule has 5 fully saturated rings. The van der Waals surface area contributed by atoms with Crippen molar-refractivity contribution in [3.05, 3.63) is 16.9 Å². The molecule has 1 heterocycles. The Morgan fingerprint density at radius 1 is 0.793 bits per heavy atom. The minimum atomic E-state index is -1.93. The molecule has 0 bridgehead atoms. The largest absolute Gasteiger partial charge is 0.505 e. The number of diazo groups is 1. The molecule has 0 amide bonds. The van der Waals surface area contributed by atoms with Crippen molar-refractivity contribution in [3.8, 4) is 0 Å². The minimum absolute atomic E-state index is 0.0538. The second kappa shape index (κ2) is 16.7. The van der Waals surface area contributed by atoms with Gasteiger partial charge in [-0.25, -0.2) is 0 Å². The van der Waals surface area contributed by atoms with E-state index in [0.717, 1.165) is 33.9 Å². The lowest BCUT2D eigenvalue weighted by Gasteiger charge is -2.68. The SMILES string of the molecule is CC(=O)OC[C@@]12[C@@H]3[C@@H](CC[C@]1(O)C[C@@H](O[C@@H]1O[C@@H](C)[C@H](OC(C)=O)[C@@H](OC(C)=O)[C@H]1OC(C)=O)C[C@H]2OC(C)=O)[C@@]1(O)CC[C@H](/C(O)=C/[N+]#N)[C@@]1(C)C[C@H]3OC(C)=O. The Labute approximate surface area is 335 Å². The topological polar surface area (TPSA) is 265 Å². The molecule has 58 heavy (non-hydrogen) atoms. The van der Waals surface area contributed by atoms with Gasteiger partial charge in [0.05, 0.1) is 28.8 Å². The number of hydrogen-bond acceptors (Lipinski definition) is 18. The molecule has 0 spiro atoms. The number of rotatable bonds is 10. The molecule has 1 saturated heterocycles. The van der Waals surface area contributed by atoms with E-state index in [2.05, 4.69) is 4.98 Å². The van der Waals surface area contributed by atoms with Gasteiger partial charge in [0.2, 0.25) is 5.39 Å². The van der Waals surface area contributed by atoms with Gasteiger partial charge >= 0.3 is 42.0 Å². The monoisotopic (exact) mass is 823 g/mol. The van der Waals surface area contributed by atoms with Crippen LogP contribution < -0.4 is 0 Å². The van der Waals surface area contributed by atoms with Gasteiger partial charge in [-0.15, -0.1) is 0 Å². The molecule has 0 unspecified atom stereocenters. The van der Waals surface area contributed by atoms with Gasteiger partial charge in [0.15, 0.2) is 35.3 Å². The van der Waals surface area contributed by atoms with Crippen LogP contribution in [-0.4, -0.2) is 118 Å². The predicted molar refractivity (Wildman–Crippen MR) is 193 cm³/mol. The molecule has 19 nitrogen and oxygen atoms in total. The first-order valence-corrected chi connectivity index (χ1v) is 19.5. The number of esters is 6. The number of fused-ring (bicyclic) bond motifs is 5. The van der Waals surface area contributed by atoms with Crippen LogP contribution in [0.25, 0.3) is 4.98 Å². The Bertz CT molecular complexity index is 1730. The average Bonchev–Trinajstić information content (AvgIpc) is 3.36. The van der Waals surface area contributed by atoms with E-state index in [1.807, 2.05) is 0 Å². The van der Waals surface area contributed by atoms with E-state index >= 15 is 0 Å². The number of allylic oxidation sites excluding steroid dienone is 1. The van der Waals surface area contributed by atoms with Crippen LogP contribution in [0.15, 0.2) is 12.0 Å². The van der Waals surface area contributed by atoms with E-state index in [1.54, 1.807) is 6.92 Å². The van der Waals surface area contributed by atoms with Gasteiger partial charge in [0.25, 0.3) is 0 Å². The van der Waals surface area contributed by atoms with Crippen LogP contribution in [0.5, 0.6) is 0 Å². The van der Waals surface area contributed by atoms with Crippen molar-refractivity contribution < 1.29 is 82.0 Å². The molecular formula is C39H55N2O17+. The molecule has 5 rings (SSSR count). The molecule has 4 saturated carbocycles. The first-order chi connectivity index (χ1) is 27.0. The van der Waals surface area contributed by atoms with Crippen LogP contribution in [0.3, 0.4) is 0 Å². The Kier molecular flexibility index (Phi) is 12.9. The van der Waals surface area contributed by atoms with Crippen molar-refractivity contribution in [2.24, 2.45) is 28.6 Å². The van der Waals surface area contributed by atoms with Crippen molar-refractivity contribution in [1.82, 2.24) is 0 Å². The predicted octanol–water partition coefficient (Wildman–Crippen LogP) is 2.68. The second-order valence-corrected chi connectivity index (χ2v) is 16.7. The van der Waals surface area contributed by atoms with Crippen molar-refractivity contribution in [2.45, 2.75) is 161 Å². The summed E-state index contributed by atoms with van der Waals surface area (Å²) in [6.07, 6.45) is -9.13. The van der Waals surface area contributed by atoms with Crippen LogP contribution in [0, 0.1) is 34.0 Å². The van der Waals surface area contributed by atoms with Crippen molar-refractivity contribution >= 4 is 35.8 Å². The van der Waals surface area contributed by atoms with Gasteiger partial charge < -0.3 is 53.2 Å². The smallest absolute Gasteiger partial charge is 0.387 e. The summed E-state index contributed by atoms with van der Waals surface area (Å²) in [4.78, 5) is 78.3. The zero-order valence-electron chi connectivity index (χ0n) is 34.0. The first-order valence-electron chi connectivity index (χ1n) is 19.5. The van der Waals surface area contributed by atoms with Crippen molar-refractivity contribution in [2.75, 3.05) is 6.61 Å². The van der Waals surface area contributed by atoms with Crippen LogP contribution >= 0.6 is 0 Å². The molecular weight excluding hydrogens is 768 g/mol. The van der Waals surface area contributed by atoms with Crippen molar-refractivity contribution in [1.29, 1.82) is 5.39 Å². The standard InChI is InChI=1S/C39H54N2O17/c1-18-32(55-22(5)45)33(56-23(6)46)34(57-24(7)47)35(52-18)58-25-13-30(54-21(4)44)38(17-51-19(2)42)31-27(9-11-37(38,49)14-25)39(50)12-10-26(28(48)16-41-40)36(39,8)15-29(31)53-20(3)43/h16,18,25-27,29-35,49-50H,9-15,17H2,1-8H3/p+1/b28-16-/t18-,25-,26+,27+,29+,30+,31+,32-,33+,34+,35-,36+,37-,38+,39-/m0/s1. The van der Waals surface area contributed by atoms with E-state index in [-0.39, 0.29) is 50.7 Å². The molecule has 5 aliphatic rings. The molecule has 4 aliphatic carbocycles. The summed E-state index contributed by atoms with van der Waals surface area (Å²) < 4.78 is 46.9. The van der Waals surface area contributed by atoms with Crippen LogP contribution in [0.1, 0.15) is 100 Å². The van der Waals surface area contributed by atoms with Gasteiger partial charge in [-0.2, -0.15) is 0 Å². The molecule has 15 atom stereocenters. The molecule has 0 aromatic rings. The van der Waals surface area contributed by atoms with Gasteiger partial charge in [-0.3, -0.25) is 28.8 Å². The van der Waals surface area contributed by atoms with E-state index in [1.165, 1.54) is 20.8 Å². The van der Waals surface area contributed by atoms with E-state index in [4.69, 9.17) is 37.9 Å². The molecule has 19 heteroatoms. The van der Waals surface area contributed by atoms with E-state index in [0.29, 0.717) is 0 Å². The summed E-state index contributed by atoms with van der Waals surface area (Å²) in [5, 5.41) is 46.3. The first kappa shape index (κ1) is 44.7. The Balaban J connectivity index is 1.62. The highest BCUT2D eigenvalue weighted by atomic mass is 16.7. The Hall–Kier alpha value is -4.38. The fourth-order valence-electron chi connectivity index (χ4n) is 11.3. The highest BCUT2D eigenvalue weighted by molar-refractivity contribution is 5.69. The highest BCUT2D eigenvalue weighted by Gasteiger charge is 2.77. The number of nitrogens with zero attached hydrogens (tertiary/aromatic N) is 2. The quantitative estimate of drug-likeness (QED) is 0.0940. The minimum Gasteiger partial charge on any atom is -0.505 e. The lowest BCUT2D eigenvalue weighted by Crippen LogP contribution is -2.76. The Morgan fingerprint density at radius 3 is 1.95 bits per heavy atom. The fraction of sp³-hybridized carbons (Fsp3) is 0.795. The number of aliphatic hydroxyl groups is 3. The maximum absolute atomic E-state index is 13.2. The molecule has 0 aromatic carbocycles. The summed E-state index contributed by atoms with van der Waals surface area (Å²) in [5.41, 5.74) is -6.41. The summed E-state index contributed by atoms with van der Waals surface area (Å²) >= 11 is 0. The summed E-state index contributed by atoms with van der Waals surface area (Å²) in [5.74, 6) is -7.29. The molecule has 0 radical (unpaired) electrons. The van der Waals surface area contributed by atoms with Gasteiger partial charge in [0.1, 0.15) is 18.8 Å². The Morgan fingerprint density at radius 2 is 1.38 bits per heavy atom. The van der Waals surface area contributed by atoms with E-state index < -0.39 is 131 Å². The van der Waals surface area contributed by atoms with Crippen LogP contribution in [-0.2, 0) is 66.7 Å². The zero-order chi connectivity index (χ0) is 43.1. The van der Waals surface area contributed by atoms with E-state index in [9.17, 15) is 49.5 Å². The summed E-state index contributed by atoms with van der Waals surface area (Å²) in [6.45, 7) is 9.66. The van der Waals surface area contributed by atoms with Gasteiger partial charge in [0, 0.05) is 71.6 Å². The third-order valence-corrected chi connectivity index (χ3v) is 13.2. The number of ether oxygens (including phenoxy) is 8. The normalized spacial score (nSPS) is 41.9. The number of carbonyl (C=O) groups excluding carboxylic acids is 6. The number of hydrogen-bond donors (Lipinski definition) is 3. The second-order valence-electron chi connectivity index (χ2n) is 16.7. The van der Waals surface area contributed by atoms with Gasteiger partial charge in [-0.1, -0.05) is 6.92 Å². The molecule has 1 aliphatic heterocycles. The maximum Gasteiger partial charge on any atom is 0.387 e. The third-order valence-electron chi connectivity index (χ3n) is 13.2. The molecule has 0 aromatic heterocycles. The summed E-state index contributed by atoms with van der Waals surface area (Å²) in [6, 6.07) is 0. The molecule has 322 valence electrons. The number of carbonyl (C=O) groups is 6. The third kappa shape index (κ3) is 8.00. The lowest BCUT2D eigenvalue weighted by molar-refractivity contribution is -0.344. The number of aliphatic hydroxyl groups excluding tert-OH is 1. The van der Waals surface area contributed by atoms with Crippen LogP contribution in [0.4, 0.5) is 0 Å². The molecule has 3 N–H and O–H groups in total. The van der Waals surface area contributed by atoms with Crippen LogP contribution in [0.2, 0.25) is 0 Å². The fourth-order valence-corrected chi connectivity index (χ4v) is 11.3. The highest BCUT2D eigenvalue weighted by Crippen LogP contribution is 2.71. The maximum atomic E-state index is 13.2. The van der Waals surface area contributed by atoms with Crippen molar-refractivity contribution in [3.63, 3.8) is 0 Å². The van der Waals surface area contributed by atoms with Gasteiger partial charge in [-0.05, 0) is 44.9 Å². The average molecular weight is 824 g/mol. The zero-order valence-corrected chi connectivity index (χ0v) is 34.0.